The highest BCUT2D eigenvalue weighted by molar-refractivity contribution is 9.10. The summed E-state index contributed by atoms with van der Waals surface area (Å²) in [5, 5.41) is 0. The van der Waals surface area contributed by atoms with Crippen molar-refractivity contribution in [2.75, 3.05) is 19.8 Å². The minimum Gasteiger partial charge on any atom is -0.490 e. The van der Waals surface area contributed by atoms with Crippen LogP contribution in [0.5, 0.6) is 23.0 Å². The summed E-state index contributed by atoms with van der Waals surface area (Å²) < 4.78 is 26.4. The van der Waals surface area contributed by atoms with Gasteiger partial charge in [-0.2, -0.15) is 0 Å². The van der Waals surface area contributed by atoms with Crippen LogP contribution >= 0.6 is 27.3 Å². The number of fused-ring (bicyclic) bond motifs is 1. The van der Waals surface area contributed by atoms with Crippen LogP contribution in [-0.2, 0) is 4.79 Å². The summed E-state index contributed by atoms with van der Waals surface area (Å²) in [5.41, 5.74) is 3.08. The largest absolute Gasteiger partial charge is 0.490 e. The van der Waals surface area contributed by atoms with E-state index < -0.39 is 12.0 Å². The molecule has 0 saturated carbocycles. The van der Waals surface area contributed by atoms with Crippen LogP contribution in [-0.4, -0.2) is 30.4 Å². The Kier molecular flexibility index (Phi) is 10.2. The molecule has 48 heavy (non-hydrogen) atoms. The molecule has 0 unspecified atom stereocenters. The van der Waals surface area contributed by atoms with Gasteiger partial charge < -0.3 is 18.9 Å². The van der Waals surface area contributed by atoms with E-state index in [1.807, 2.05) is 86.6 Å². The first-order valence-electron chi connectivity index (χ1n) is 15.5. The predicted molar refractivity (Wildman–Crippen MR) is 190 cm³/mol. The molecule has 0 saturated heterocycles. The second-order valence-corrected chi connectivity index (χ2v) is 12.8. The number of esters is 1. The summed E-state index contributed by atoms with van der Waals surface area (Å²) in [6.45, 7) is 6.75. The van der Waals surface area contributed by atoms with Crippen LogP contribution in [0.4, 0.5) is 0 Å². The van der Waals surface area contributed by atoms with Gasteiger partial charge >= 0.3 is 5.97 Å². The normalized spacial score (nSPS) is 14.2. The minimum absolute atomic E-state index is 0.270. The summed E-state index contributed by atoms with van der Waals surface area (Å²) in [6.07, 6.45) is 1.80. The molecule has 1 aromatic heterocycles. The van der Waals surface area contributed by atoms with Gasteiger partial charge in [-0.1, -0.05) is 78.1 Å². The molecular formula is C38H33BrN2O6S. The van der Waals surface area contributed by atoms with Gasteiger partial charge in [0.15, 0.2) is 16.3 Å². The number of aromatic nitrogens is 1. The number of allylic oxidation sites excluding steroid dienone is 1. The molecular weight excluding hydrogens is 692 g/mol. The van der Waals surface area contributed by atoms with Gasteiger partial charge in [-0.15, -0.1) is 0 Å². The van der Waals surface area contributed by atoms with E-state index in [9.17, 15) is 9.59 Å². The number of ether oxygens (including phenoxy) is 4. The van der Waals surface area contributed by atoms with Gasteiger partial charge in [0.25, 0.3) is 5.56 Å². The molecule has 1 aliphatic heterocycles. The highest BCUT2D eigenvalue weighted by Crippen LogP contribution is 2.37. The number of rotatable bonds is 11. The monoisotopic (exact) mass is 724 g/mol. The zero-order chi connectivity index (χ0) is 33.6. The first kappa shape index (κ1) is 33.0. The van der Waals surface area contributed by atoms with E-state index in [-0.39, 0.29) is 5.56 Å². The van der Waals surface area contributed by atoms with Gasteiger partial charge in [0.1, 0.15) is 24.7 Å². The highest BCUT2D eigenvalue weighted by Gasteiger charge is 2.33. The number of hydrogen-bond acceptors (Lipinski definition) is 8. The average Bonchev–Trinajstić information content (AvgIpc) is 3.38. The third-order valence-corrected chi connectivity index (χ3v) is 9.19. The van der Waals surface area contributed by atoms with Gasteiger partial charge in [-0.05, 0) is 89.8 Å². The number of para-hydroxylation sites is 2. The molecule has 10 heteroatoms. The van der Waals surface area contributed by atoms with Crippen molar-refractivity contribution < 1.29 is 23.7 Å². The Morgan fingerprint density at radius 3 is 2.31 bits per heavy atom. The number of hydrogen-bond donors (Lipinski definition) is 0. The molecule has 8 nitrogen and oxygen atoms in total. The number of benzene rings is 4. The topological polar surface area (TPSA) is 88.4 Å². The van der Waals surface area contributed by atoms with Crippen molar-refractivity contribution >= 4 is 39.3 Å². The zero-order valence-electron chi connectivity index (χ0n) is 26.6. The zero-order valence-corrected chi connectivity index (χ0v) is 29.0. The number of carbonyl (C=O) groups excluding carboxylic acids is 1. The molecule has 1 aliphatic rings. The van der Waals surface area contributed by atoms with Gasteiger partial charge in [-0.3, -0.25) is 9.36 Å². The molecule has 1 atom stereocenters. The smallest absolute Gasteiger partial charge is 0.343 e. The maximum atomic E-state index is 14.1. The van der Waals surface area contributed by atoms with Crippen LogP contribution in [0, 0.1) is 6.92 Å². The molecule has 0 amide bonds. The van der Waals surface area contributed by atoms with E-state index in [2.05, 4.69) is 15.9 Å². The molecule has 5 aromatic rings. The van der Waals surface area contributed by atoms with Gasteiger partial charge in [-0.25, -0.2) is 9.79 Å². The lowest BCUT2D eigenvalue weighted by Gasteiger charge is -2.24. The first-order valence-corrected chi connectivity index (χ1v) is 17.1. The van der Waals surface area contributed by atoms with E-state index in [0.717, 1.165) is 22.4 Å². The molecule has 0 bridgehead atoms. The third-order valence-electron chi connectivity index (χ3n) is 7.62. The van der Waals surface area contributed by atoms with Crippen molar-refractivity contribution in [2.45, 2.75) is 26.8 Å². The van der Waals surface area contributed by atoms with E-state index in [4.69, 9.17) is 23.9 Å². The third kappa shape index (κ3) is 7.14. The maximum absolute atomic E-state index is 14.1. The lowest BCUT2D eigenvalue weighted by molar-refractivity contribution is -0.130. The van der Waals surface area contributed by atoms with Crippen molar-refractivity contribution in [3.63, 3.8) is 0 Å². The fourth-order valence-electron chi connectivity index (χ4n) is 5.42. The Hall–Kier alpha value is -4.93. The van der Waals surface area contributed by atoms with Crippen LogP contribution in [0.2, 0.25) is 0 Å². The van der Waals surface area contributed by atoms with Crippen molar-refractivity contribution in [3.05, 3.63) is 149 Å². The minimum atomic E-state index is -0.718. The number of aryl methyl sites for hydroxylation is 1. The summed E-state index contributed by atoms with van der Waals surface area (Å²) >= 11 is 4.90. The fraction of sp³-hybridized carbons (Fsp3) is 0.184. The number of carbonyl (C=O) groups is 1. The Bertz CT molecular complexity index is 2160. The van der Waals surface area contributed by atoms with Crippen molar-refractivity contribution in [3.8, 4) is 23.0 Å². The molecule has 0 N–H and O–H groups in total. The summed E-state index contributed by atoms with van der Waals surface area (Å²) in [6, 6.07) is 29.1. The molecule has 244 valence electrons. The highest BCUT2D eigenvalue weighted by atomic mass is 79.9. The lowest BCUT2D eigenvalue weighted by atomic mass is 9.96. The Balaban J connectivity index is 1.33. The summed E-state index contributed by atoms with van der Waals surface area (Å²) in [4.78, 5) is 33.0. The predicted octanol–water partition coefficient (Wildman–Crippen LogP) is 6.77. The Morgan fingerprint density at radius 2 is 1.58 bits per heavy atom. The van der Waals surface area contributed by atoms with E-state index >= 15 is 0 Å². The number of halogens is 1. The molecule has 0 aliphatic carbocycles. The van der Waals surface area contributed by atoms with E-state index in [0.29, 0.717) is 62.1 Å². The van der Waals surface area contributed by atoms with Crippen LogP contribution in [0.1, 0.15) is 36.6 Å². The molecule has 4 aromatic carbocycles. The van der Waals surface area contributed by atoms with Crippen molar-refractivity contribution in [1.82, 2.24) is 4.57 Å². The van der Waals surface area contributed by atoms with Gasteiger partial charge in [0.2, 0.25) is 0 Å². The fourth-order valence-corrected chi connectivity index (χ4v) is 7.04. The van der Waals surface area contributed by atoms with Crippen LogP contribution in [0.3, 0.4) is 0 Å². The lowest BCUT2D eigenvalue weighted by Crippen LogP contribution is -2.40. The summed E-state index contributed by atoms with van der Waals surface area (Å²) in [5.74, 6) is 1.74. The Morgan fingerprint density at radius 1 is 0.896 bits per heavy atom. The molecule has 0 radical (unpaired) electrons. The second-order valence-electron chi connectivity index (χ2n) is 10.9. The molecule has 0 fully saturated rings. The molecule has 2 heterocycles. The van der Waals surface area contributed by atoms with Crippen molar-refractivity contribution in [1.29, 1.82) is 0 Å². The molecule has 0 spiro atoms. The van der Waals surface area contributed by atoms with E-state index in [1.54, 1.807) is 41.8 Å². The van der Waals surface area contributed by atoms with Crippen LogP contribution < -0.4 is 33.8 Å². The van der Waals surface area contributed by atoms with Gasteiger partial charge in [0, 0.05) is 0 Å². The Labute approximate surface area is 290 Å². The maximum Gasteiger partial charge on any atom is 0.343 e. The van der Waals surface area contributed by atoms with Crippen LogP contribution in [0.15, 0.2) is 123 Å². The first-order chi connectivity index (χ1) is 23.3. The number of thiazole rings is 1. The van der Waals surface area contributed by atoms with E-state index in [1.165, 1.54) is 11.3 Å². The standard InChI is InChI=1S/C38H33BrN2O6S/c1-4-44-31-22-26(21-29(39)35(31)46-20-19-45-30-18-12-11-13-24(30)2)23-32-36(42)41-34(27-14-7-5-8-15-27)33(25(3)40-38(41)48-32)37(43)47-28-16-9-6-10-17-28/h5-18,21-23,34H,4,19-20H2,1-3H3/b32-23+/t34-/m0/s1. The number of nitrogens with zero attached hydrogens (tertiary/aromatic N) is 2. The quantitative estimate of drug-likeness (QED) is 0.0850. The van der Waals surface area contributed by atoms with Crippen molar-refractivity contribution in [2.24, 2.45) is 4.99 Å². The van der Waals surface area contributed by atoms with Gasteiger partial charge in [0.05, 0.1) is 32.9 Å². The second kappa shape index (κ2) is 14.9. The SMILES string of the molecule is CCOc1cc(/C=c2/sc3n(c2=O)[C@@H](c2ccccc2)C(C(=O)Oc2ccccc2)=C(C)N=3)cc(Br)c1OCCOc1ccccc1C. The average molecular weight is 726 g/mol. The summed E-state index contributed by atoms with van der Waals surface area (Å²) in [7, 11) is 0. The van der Waals surface area contributed by atoms with Crippen LogP contribution in [0.25, 0.3) is 6.08 Å². The molecule has 6 rings (SSSR count).